The Kier molecular flexibility index (Phi) is 3.62. The molecule has 0 aromatic carbocycles. The quantitative estimate of drug-likeness (QED) is 0.773. The predicted molar refractivity (Wildman–Crippen MR) is 66.0 cm³/mol. The fourth-order valence-electron chi connectivity index (χ4n) is 2.38. The molecule has 0 saturated carbocycles. The summed E-state index contributed by atoms with van der Waals surface area (Å²) < 4.78 is 0. The molecule has 2 unspecified atom stereocenters. The van der Waals surface area contributed by atoms with Crippen molar-refractivity contribution in [3.05, 3.63) is 23.2 Å². The molecule has 17 heavy (non-hydrogen) atoms. The zero-order valence-electron chi connectivity index (χ0n) is 10.1. The van der Waals surface area contributed by atoms with Crippen LogP contribution in [0.5, 0.6) is 0 Å². The summed E-state index contributed by atoms with van der Waals surface area (Å²) >= 11 is 5.66. The number of aromatic nitrogens is 2. The van der Waals surface area contributed by atoms with E-state index in [0.29, 0.717) is 10.8 Å². The Labute approximate surface area is 106 Å². The Morgan fingerprint density at radius 3 is 2.47 bits per heavy atom. The van der Waals surface area contributed by atoms with Crippen molar-refractivity contribution in [2.24, 2.45) is 0 Å². The standard InChI is InChI=1S/C12H16ClN3O/c1-8-4-3-5-9(2)16(8)12(17)10-6-15-11(13)7-14-10/h6-9H,3-5H2,1-2H3. The van der Waals surface area contributed by atoms with Crippen molar-refractivity contribution < 1.29 is 4.79 Å². The molecule has 0 spiro atoms. The number of likely N-dealkylation sites (tertiary alicyclic amines) is 1. The fourth-order valence-corrected chi connectivity index (χ4v) is 2.47. The maximum Gasteiger partial charge on any atom is 0.274 e. The normalized spacial score (nSPS) is 24.8. The van der Waals surface area contributed by atoms with E-state index in [0.717, 1.165) is 12.8 Å². The van der Waals surface area contributed by atoms with Crippen LogP contribution in [0.15, 0.2) is 12.4 Å². The summed E-state index contributed by atoms with van der Waals surface area (Å²) in [6.45, 7) is 4.16. The molecule has 0 N–H and O–H groups in total. The molecule has 2 atom stereocenters. The Balaban J connectivity index is 2.20. The van der Waals surface area contributed by atoms with Crippen molar-refractivity contribution in [3.8, 4) is 0 Å². The molecule has 92 valence electrons. The lowest BCUT2D eigenvalue weighted by molar-refractivity contribution is 0.0504. The molecule has 0 bridgehead atoms. The van der Waals surface area contributed by atoms with E-state index in [1.165, 1.54) is 18.8 Å². The average molecular weight is 254 g/mol. The van der Waals surface area contributed by atoms with Crippen LogP contribution in [-0.2, 0) is 0 Å². The highest BCUT2D eigenvalue weighted by molar-refractivity contribution is 6.29. The number of halogens is 1. The maximum absolute atomic E-state index is 12.3. The minimum atomic E-state index is -0.0473. The van der Waals surface area contributed by atoms with E-state index in [4.69, 9.17) is 11.6 Å². The minimum Gasteiger partial charge on any atom is -0.332 e. The highest BCUT2D eigenvalue weighted by atomic mass is 35.5. The second kappa shape index (κ2) is 5.00. The van der Waals surface area contributed by atoms with E-state index in [-0.39, 0.29) is 18.0 Å². The molecule has 1 aliphatic rings. The molecule has 0 aliphatic carbocycles. The third kappa shape index (κ3) is 2.57. The van der Waals surface area contributed by atoms with E-state index >= 15 is 0 Å². The van der Waals surface area contributed by atoms with Crippen LogP contribution in [0.4, 0.5) is 0 Å². The zero-order chi connectivity index (χ0) is 12.4. The van der Waals surface area contributed by atoms with Gasteiger partial charge < -0.3 is 4.90 Å². The Hall–Kier alpha value is -1.16. The van der Waals surface area contributed by atoms with Crippen molar-refractivity contribution in [3.63, 3.8) is 0 Å². The van der Waals surface area contributed by atoms with Crippen LogP contribution >= 0.6 is 11.6 Å². The van der Waals surface area contributed by atoms with E-state index in [1.54, 1.807) is 0 Å². The van der Waals surface area contributed by atoms with Gasteiger partial charge in [-0.1, -0.05) is 11.6 Å². The highest BCUT2D eigenvalue weighted by Crippen LogP contribution is 2.24. The van der Waals surface area contributed by atoms with E-state index in [2.05, 4.69) is 23.8 Å². The summed E-state index contributed by atoms with van der Waals surface area (Å²) in [4.78, 5) is 22.2. The van der Waals surface area contributed by atoms with Gasteiger partial charge in [-0.05, 0) is 33.1 Å². The molecular formula is C12H16ClN3O. The lowest BCUT2D eigenvalue weighted by Crippen LogP contribution is -2.47. The molecule has 2 rings (SSSR count). The van der Waals surface area contributed by atoms with Crippen LogP contribution in [0, 0.1) is 0 Å². The largest absolute Gasteiger partial charge is 0.332 e. The molecule has 1 aromatic heterocycles. The van der Waals surface area contributed by atoms with Crippen LogP contribution in [0.1, 0.15) is 43.6 Å². The second-order valence-electron chi connectivity index (χ2n) is 4.57. The third-order valence-electron chi connectivity index (χ3n) is 3.27. The van der Waals surface area contributed by atoms with Gasteiger partial charge in [0.05, 0.1) is 12.4 Å². The van der Waals surface area contributed by atoms with Gasteiger partial charge in [0.15, 0.2) is 0 Å². The Bertz CT molecular complexity index is 397. The molecule has 1 amide bonds. The molecular weight excluding hydrogens is 238 g/mol. The maximum atomic E-state index is 12.3. The molecule has 1 saturated heterocycles. The van der Waals surface area contributed by atoms with Gasteiger partial charge in [0.25, 0.3) is 5.91 Å². The average Bonchev–Trinajstić information content (AvgIpc) is 2.29. The Morgan fingerprint density at radius 1 is 1.29 bits per heavy atom. The summed E-state index contributed by atoms with van der Waals surface area (Å²) in [5, 5.41) is 0.307. The number of hydrogen-bond acceptors (Lipinski definition) is 3. The summed E-state index contributed by atoms with van der Waals surface area (Å²) in [6.07, 6.45) is 6.14. The van der Waals surface area contributed by atoms with Gasteiger partial charge >= 0.3 is 0 Å². The first-order chi connectivity index (χ1) is 8.09. The third-order valence-corrected chi connectivity index (χ3v) is 3.46. The Morgan fingerprint density at radius 2 is 1.94 bits per heavy atom. The van der Waals surface area contributed by atoms with Gasteiger partial charge in [-0.25, -0.2) is 9.97 Å². The molecule has 1 aliphatic heterocycles. The summed E-state index contributed by atoms with van der Waals surface area (Å²) in [7, 11) is 0. The van der Waals surface area contributed by atoms with E-state index < -0.39 is 0 Å². The van der Waals surface area contributed by atoms with Crippen LogP contribution in [0.25, 0.3) is 0 Å². The highest BCUT2D eigenvalue weighted by Gasteiger charge is 2.30. The number of nitrogens with zero attached hydrogens (tertiary/aromatic N) is 3. The number of piperidine rings is 1. The SMILES string of the molecule is CC1CCCC(C)N1C(=O)c1cnc(Cl)cn1. The topological polar surface area (TPSA) is 46.1 Å². The van der Waals surface area contributed by atoms with Gasteiger partial charge in [0, 0.05) is 12.1 Å². The van der Waals surface area contributed by atoms with Crippen molar-refractivity contribution in [1.29, 1.82) is 0 Å². The summed E-state index contributed by atoms with van der Waals surface area (Å²) in [6, 6.07) is 0.535. The summed E-state index contributed by atoms with van der Waals surface area (Å²) in [5.74, 6) is -0.0473. The van der Waals surface area contributed by atoms with E-state index in [9.17, 15) is 4.79 Å². The molecule has 1 fully saturated rings. The van der Waals surface area contributed by atoms with Crippen molar-refractivity contribution in [2.75, 3.05) is 0 Å². The lowest BCUT2D eigenvalue weighted by Gasteiger charge is -2.38. The number of hydrogen-bond donors (Lipinski definition) is 0. The monoisotopic (exact) mass is 253 g/mol. The molecule has 5 heteroatoms. The predicted octanol–water partition coefficient (Wildman–Crippen LogP) is 2.53. The van der Waals surface area contributed by atoms with Crippen LogP contribution in [0.2, 0.25) is 5.15 Å². The second-order valence-corrected chi connectivity index (χ2v) is 4.95. The number of amides is 1. The number of rotatable bonds is 1. The zero-order valence-corrected chi connectivity index (χ0v) is 10.8. The van der Waals surface area contributed by atoms with Gasteiger partial charge in [-0.15, -0.1) is 0 Å². The van der Waals surface area contributed by atoms with Crippen molar-refractivity contribution >= 4 is 17.5 Å². The van der Waals surface area contributed by atoms with Gasteiger partial charge in [0.1, 0.15) is 10.8 Å². The molecule has 1 aromatic rings. The van der Waals surface area contributed by atoms with Crippen molar-refractivity contribution in [1.82, 2.24) is 14.9 Å². The van der Waals surface area contributed by atoms with Crippen LogP contribution in [0.3, 0.4) is 0 Å². The number of carbonyl (C=O) groups excluding carboxylic acids is 1. The molecule has 0 radical (unpaired) electrons. The van der Waals surface area contributed by atoms with Gasteiger partial charge in [-0.3, -0.25) is 4.79 Å². The van der Waals surface area contributed by atoms with Crippen LogP contribution in [-0.4, -0.2) is 32.9 Å². The lowest BCUT2D eigenvalue weighted by atomic mass is 9.97. The molecule has 2 heterocycles. The first kappa shape index (κ1) is 12.3. The molecule has 4 nitrogen and oxygen atoms in total. The first-order valence-corrected chi connectivity index (χ1v) is 6.27. The smallest absolute Gasteiger partial charge is 0.274 e. The van der Waals surface area contributed by atoms with Gasteiger partial charge in [-0.2, -0.15) is 0 Å². The van der Waals surface area contributed by atoms with Crippen molar-refractivity contribution in [2.45, 2.75) is 45.2 Å². The fraction of sp³-hybridized carbons (Fsp3) is 0.583. The van der Waals surface area contributed by atoms with Crippen LogP contribution < -0.4 is 0 Å². The van der Waals surface area contributed by atoms with E-state index in [1.807, 2.05) is 4.90 Å². The first-order valence-electron chi connectivity index (χ1n) is 5.90. The van der Waals surface area contributed by atoms with Gasteiger partial charge in [0.2, 0.25) is 0 Å². The summed E-state index contributed by atoms with van der Waals surface area (Å²) in [5.41, 5.74) is 0.370. The minimum absolute atomic E-state index is 0.0473. The number of carbonyl (C=O) groups is 1.